The summed E-state index contributed by atoms with van der Waals surface area (Å²) in [4.78, 5) is 4.48. The first-order valence-electron chi connectivity index (χ1n) is 6.00. The van der Waals surface area contributed by atoms with Crippen LogP contribution in [0.25, 0.3) is 0 Å². The molecule has 4 heteroatoms. The van der Waals surface area contributed by atoms with Gasteiger partial charge in [0.1, 0.15) is 11.6 Å². The zero-order chi connectivity index (χ0) is 13.7. The lowest BCUT2D eigenvalue weighted by Gasteiger charge is -2.09. The van der Waals surface area contributed by atoms with Crippen molar-refractivity contribution < 1.29 is 4.74 Å². The highest BCUT2D eigenvalue weighted by Crippen LogP contribution is 2.20. The third kappa shape index (κ3) is 3.11. The van der Waals surface area contributed by atoms with Gasteiger partial charge in [-0.2, -0.15) is 0 Å². The number of para-hydroxylation sites is 1. The second-order valence-electron chi connectivity index (χ2n) is 4.12. The molecule has 2 rings (SSSR count). The van der Waals surface area contributed by atoms with Crippen molar-refractivity contribution in [2.75, 3.05) is 7.11 Å². The number of nitrogens with zero attached hydrogens (tertiary/aromatic N) is 1. The van der Waals surface area contributed by atoms with Gasteiger partial charge in [-0.15, -0.1) is 0 Å². The van der Waals surface area contributed by atoms with E-state index in [1.165, 1.54) is 0 Å². The molecule has 0 aromatic heterocycles. The van der Waals surface area contributed by atoms with E-state index in [0.717, 1.165) is 22.6 Å². The van der Waals surface area contributed by atoms with E-state index in [2.05, 4.69) is 10.4 Å². The molecule has 0 aliphatic carbocycles. The van der Waals surface area contributed by atoms with Crippen LogP contribution >= 0.6 is 0 Å². The van der Waals surface area contributed by atoms with Gasteiger partial charge in [-0.05, 0) is 30.7 Å². The van der Waals surface area contributed by atoms with Crippen LogP contribution in [0.15, 0.2) is 53.5 Å². The molecule has 0 fully saturated rings. The summed E-state index contributed by atoms with van der Waals surface area (Å²) in [6.07, 6.45) is 0. The van der Waals surface area contributed by atoms with Crippen LogP contribution in [0, 0.1) is 6.92 Å². The van der Waals surface area contributed by atoms with Crippen LogP contribution in [0.4, 0.5) is 5.69 Å². The van der Waals surface area contributed by atoms with Crippen molar-refractivity contribution in [2.45, 2.75) is 6.92 Å². The van der Waals surface area contributed by atoms with Crippen LogP contribution in [-0.4, -0.2) is 12.9 Å². The molecule has 19 heavy (non-hydrogen) atoms. The molecule has 0 radical (unpaired) electrons. The maximum absolute atomic E-state index is 5.56. The Morgan fingerprint density at radius 1 is 1.16 bits per heavy atom. The molecule has 0 bridgehead atoms. The second-order valence-corrected chi connectivity index (χ2v) is 4.12. The largest absolute Gasteiger partial charge is 0.496 e. The van der Waals surface area contributed by atoms with E-state index in [9.17, 15) is 0 Å². The summed E-state index contributed by atoms with van der Waals surface area (Å²) in [6.45, 7) is 1.99. The number of benzene rings is 2. The Kier molecular flexibility index (Phi) is 4.15. The summed E-state index contributed by atoms with van der Waals surface area (Å²) in [5.74, 6) is 6.98. The molecule has 98 valence electrons. The van der Waals surface area contributed by atoms with Crippen molar-refractivity contribution in [1.82, 2.24) is 5.43 Å². The van der Waals surface area contributed by atoms with Gasteiger partial charge >= 0.3 is 0 Å². The minimum atomic E-state index is 0.601. The fourth-order valence-corrected chi connectivity index (χ4v) is 1.78. The Morgan fingerprint density at radius 3 is 2.53 bits per heavy atom. The van der Waals surface area contributed by atoms with E-state index in [0.29, 0.717) is 5.84 Å². The molecule has 0 saturated heterocycles. The number of methoxy groups -OCH3 is 1. The first-order chi connectivity index (χ1) is 9.24. The van der Waals surface area contributed by atoms with Crippen LogP contribution in [-0.2, 0) is 0 Å². The highest BCUT2D eigenvalue weighted by atomic mass is 16.5. The summed E-state index contributed by atoms with van der Waals surface area (Å²) in [7, 11) is 1.65. The predicted octanol–water partition coefficient (Wildman–Crippen LogP) is 2.55. The normalized spacial score (nSPS) is 11.2. The number of nitrogens with one attached hydrogen (secondary N) is 1. The molecule has 0 amide bonds. The fraction of sp³-hybridized carbons (Fsp3) is 0.133. The summed E-state index contributed by atoms with van der Waals surface area (Å²) in [5, 5.41) is 0. The van der Waals surface area contributed by atoms with Gasteiger partial charge in [0.05, 0.1) is 12.8 Å². The molecule has 2 aromatic carbocycles. The van der Waals surface area contributed by atoms with E-state index < -0.39 is 0 Å². The molecule has 0 heterocycles. The van der Waals surface area contributed by atoms with E-state index in [4.69, 9.17) is 10.6 Å². The molecule has 3 N–H and O–H groups in total. The van der Waals surface area contributed by atoms with E-state index in [-0.39, 0.29) is 0 Å². The van der Waals surface area contributed by atoms with Gasteiger partial charge in [0.25, 0.3) is 0 Å². The predicted molar refractivity (Wildman–Crippen MR) is 77.7 cm³/mol. The van der Waals surface area contributed by atoms with Gasteiger partial charge in [-0.1, -0.05) is 30.3 Å². The van der Waals surface area contributed by atoms with Crippen molar-refractivity contribution >= 4 is 11.5 Å². The Bertz CT molecular complexity index is 579. The maximum atomic E-state index is 5.56. The number of amidine groups is 1. The summed E-state index contributed by atoms with van der Waals surface area (Å²) < 4.78 is 5.31. The van der Waals surface area contributed by atoms with Gasteiger partial charge in [0, 0.05) is 5.56 Å². The van der Waals surface area contributed by atoms with Gasteiger partial charge in [-0.3, -0.25) is 0 Å². The number of nitrogens with two attached hydrogens (primary N) is 1. The van der Waals surface area contributed by atoms with Gasteiger partial charge in [-0.25, -0.2) is 10.8 Å². The molecule has 0 spiro atoms. The second kappa shape index (κ2) is 6.02. The number of hydrogen-bond donors (Lipinski definition) is 2. The molecular weight excluding hydrogens is 238 g/mol. The van der Waals surface area contributed by atoms with Crippen LogP contribution in [0.3, 0.4) is 0 Å². The van der Waals surface area contributed by atoms with Gasteiger partial charge in [0.15, 0.2) is 0 Å². The van der Waals surface area contributed by atoms with Crippen molar-refractivity contribution in [3.8, 4) is 5.75 Å². The Labute approximate surface area is 112 Å². The monoisotopic (exact) mass is 255 g/mol. The smallest absolute Gasteiger partial charge is 0.148 e. The Balaban J connectivity index is 2.40. The molecule has 0 saturated carbocycles. The highest BCUT2D eigenvalue weighted by Gasteiger charge is 2.06. The number of rotatable bonds is 3. The molecular formula is C15H17N3O. The molecule has 0 aliphatic heterocycles. The van der Waals surface area contributed by atoms with Crippen molar-refractivity contribution in [2.24, 2.45) is 10.8 Å². The molecule has 0 atom stereocenters. The molecule has 2 aromatic rings. The quantitative estimate of drug-likeness (QED) is 0.383. The zero-order valence-electron chi connectivity index (χ0n) is 11.1. The van der Waals surface area contributed by atoms with E-state index in [1.807, 2.05) is 55.5 Å². The van der Waals surface area contributed by atoms with Crippen LogP contribution in [0.5, 0.6) is 5.75 Å². The Hall–Kier alpha value is -2.33. The van der Waals surface area contributed by atoms with Gasteiger partial charge < -0.3 is 10.2 Å². The Morgan fingerprint density at radius 2 is 1.89 bits per heavy atom. The summed E-state index contributed by atoms with van der Waals surface area (Å²) >= 11 is 0. The minimum absolute atomic E-state index is 0.601. The lowest BCUT2D eigenvalue weighted by atomic mass is 10.1. The first-order valence-corrected chi connectivity index (χ1v) is 6.00. The van der Waals surface area contributed by atoms with Crippen LogP contribution < -0.4 is 16.0 Å². The van der Waals surface area contributed by atoms with Gasteiger partial charge in [0.2, 0.25) is 0 Å². The minimum Gasteiger partial charge on any atom is -0.496 e. The lowest BCUT2D eigenvalue weighted by molar-refractivity contribution is 0.411. The topological polar surface area (TPSA) is 59.6 Å². The average Bonchev–Trinajstić information content (AvgIpc) is 2.46. The first kappa shape index (κ1) is 13.1. The van der Waals surface area contributed by atoms with Crippen molar-refractivity contribution in [1.29, 1.82) is 0 Å². The fourth-order valence-electron chi connectivity index (χ4n) is 1.78. The summed E-state index contributed by atoms with van der Waals surface area (Å²) in [6, 6.07) is 15.5. The number of ether oxygens (including phenoxy) is 1. The van der Waals surface area contributed by atoms with Crippen LogP contribution in [0.2, 0.25) is 0 Å². The molecule has 0 unspecified atom stereocenters. The number of hydrogen-bond acceptors (Lipinski definition) is 3. The van der Waals surface area contributed by atoms with E-state index in [1.54, 1.807) is 7.11 Å². The zero-order valence-corrected chi connectivity index (χ0v) is 11.1. The lowest BCUT2D eigenvalue weighted by Crippen LogP contribution is -2.30. The molecule has 0 aliphatic rings. The van der Waals surface area contributed by atoms with E-state index >= 15 is 0 Å². The maximum Gasteiger partial charge on any atom is 0.148 e. The number of aryl methyl sites for hydroxylation is 1. The average molecular weight is 255 g/mol. The summed E-state index contributed by atoms with van der Waals surface area (Å²) in [5.41, 5.74) is 5.43. The standard InChI is InChI=1S/C15H17N3O/c1-11-8-9-12(10-14(11)19-2)15(18-16)17-13-6-4-3-5-7-13/h3-10H,16H2,1-2H3,(H,17,18). The molecule has 4 nitrogen and oxygen atoms in total. The number of aliphatic imine (C=N–C) groups is 1. The SMILES string of the molecule is COc1cc(C(=Nc2ccccc2)NN)ccc1C. The third-order valence-corrected chi connectivity index (χ3v) is 2.82. The highest BCUT2D eigenvalue weighted by molar-refractivity contribution is 6.00. The van der Waals surface area contributed by atoms with Crippen LogP contribution in [0.1, 0.15) is 11.1 Å². The third-order valence-electron chi connectivity index (χ3n) is 2.82. The van der Waals surface area contributed by atoms with Crippen molar-refractivity contribution in [3.63, 3.8) is 0 Å². The number of hydrazine groups is 1. The van der Waals surface area contributed by atoms with Crippen molar-refractivity contribution in [3.05, 3.63) is 59.7 Å².